The van der Waals surface area contributed by atoms with Gasteiger partial charge in [-0.2, -0.15) is 0 Å². The molecule has 0 amide bonds. The van der Waals surface area contributed by atoms with Gasteiger partial charge in [0.15, 0.2) is 16.7 Å². The first-order valence-electron chi connectivity index (χ1n) is 10.6. The number of nitrogens with zero attached hydrogens (tertiary/aromatic N) is 2. The van der Waals surface area contributed by atoms with Crippen molar-refractivity contribution in [1.82, 2.24) is 9.55 Å². The van der Waals surface area contributed by atoms with Crippen LogP contribution < -0.4 is 24.5 Å². The summed E-state index contributed by atoms with van der Waals surface area (Å²) in [5, 5.41) is 0.905. The number of fused-ring (bicyclic) bond motifs is 1. The van der Waals surface area contributed by atoms with Crippen molar-refractivity contribution in [1.29, 1.82) is 0 Å². The summed E-state index contributed by atoms with van der Waals surface area (Å²) in [6, 6.07) is 17.2. The summed E-state index contributed by atoms with van der Waals surface area (Å²) in [6.07, 6.45) is 0. The lowest BCUT2D eigenvalue weighted by atomic mass is 10.1. The van der Waals surface area contributed by atoms with E-state index in [-0.39, 0.29) is 5.56 Å². The number of aryl methyl sites for hydroxylation is 1. The second kappa shape index (κ2) is 10.1. The molecule has 0 atom stereocenters. The van der Waals surface area contributed by atoms with Crippen molar-refractivity contribution < 1.29 is 18.9 Å². The highest BCUT2D eigenvalue weighted by Gasteiger charge is 2.23. The lowest BCUT2D eigenvalue weighted by molar-refractivity contribution is 0.326. The van der Waals surface area contributed by atoms with Gasteiger partial charge in [0.2, 0.25) is 5.75 Å². The summed E-state index contributed by atoms with van der Waals surface area (Å²) in [4.78, 5) is 18.8. The van der Waals surface area contributed by atoms with Gasteiger partial charge in [0, 0.05) is 11.3 Å². The Morgan fingerprint density at radius 3 is 2.21 bits per heavy atom. The molecule has 3 aromatic carbocycles. The van der Waals surface area contributed by atoms with Crippen LogP contribution in [0.25, 0.3) is 16.6 Å². The number of hydrogen-bond donors (Lipinski definition) is 0. The van der Waals surface area contributed by atoms with Gasteiger partial charge in [-0.3, -0.25) is 9.36 Å². The van der Waals surface area contributed by atoms with E-state index in [0.29, 0.717) is 39.1 Å². The maximum absolute atomic E-state index is 13.9. The minimum absolute atomic E-state index is 0.221. The third kappa shape index (κ3) is 4.17. The molecule has 176 valence electrons. The van der Waals surface area contributed by atoms with Crippen LogP contribution in [0.15, 0.2) is 64.5 Å². The van der Waals surface area contributed by atoms with Crippen molar-refractivity contribution in [3.8, 4) is 28.7 Å². The number of para-hydroxylation sites is 2. The quantitative estimate of drug-likeness (QED) is 0.260. The smallest absolute Gasteiger partial charge is 0.266 e. The molecular formula is C26H26N2O5S. The second-order valence-corrected chi connectivity index (χ2v) is 8.41. The van der Waals surface area contributed by atoms with Crippen LogP contribution in [0.1, 0.15) is 11.1 Å². The highest BCUT2D eigenvalue weighted by Crippen LogP contribution is 2.42. The number of ether oxygens (including phenoxy) is 4. The first-order valence-corrected chi connectivity index (χ1v) is 11.6. The molecular weight excluding hydrogens is 452 g/mol. The Balaban J connectivity index is 1.99. The molecule has 4 rings (SSSR count). The molecule has 0 unspecified atom stereocenters. The Morgan fingerprint density at radius 1 is 0.853 bits per heavy atom. The number of hydrogen-bond acceptors (Lipinski definition) is 7. The van der Waals surface area contributed by atoms with Crippen LogP contribution in [0.5, 0.6) is 23.0 Å². The molecule has 0 aliphatic carbocycles. The monoisotopic (exact) mass is 478 g/mol. The first-order chi connectivity index (χ1) is 16.5. The Hall–Kier alpha value is -3.65. The van der Waals surface area contributed by atoms with Crippen molar-refractivity contribution in [3.63, 3.8) is 0 Å². The van der Waals surface area contributed by atoms with Crippen LogP contribution in [-0.4, -0.2) is 38.0 Å². The van der Waals surface area contributed by atoms with Crippen molar-refractivity contribution in [3.05, 3.63) is 76.1 Å². The largest absolute Gasteiger partial charge is 0.496 e. The predicted octanol–water partition coefficient (Wildman–Crippen LogP) is 5.02. The number of methoxy groups -OCH3 is 4. The molecule has 0 fully saturated rings. The zero-order valence-electron chi connectivity index (χ0n) is 19.7. The fourth-order valence-corrected chi connectivity index (χ4v) is 4.85. The lowest BCUT2D eigenvalue weighted by Crippen LogP contribution is -2.23. The average Bonchev–Trinajstić information content (AvgIpc) is 2.87. The van der Waals surface area contributed by atoms with Crippen molar-refractivity contribution in [2.45, 2.75) is 17.8 Å². The SMILES string of the molecule is COc1ccccc1CSc1nc2c(OC)c(OC)c(OC)cc2c(=O)n1-c1ccccc1C. The number of benzene rings is 3. The van der Waals surface area contributed by atoms with Crippen LogP contribution in [-0.2, 0) is 5.75 Å². The molecule has 0 spiro atoms. The lowest BCUT2D eigenvalue weighted by Gasteiger charge is -2.18. The number of aromatic nitrogens is 2. The summed E-state index contributed by atoms with van der Waals surface area (Å²) in [6.45, 7) is 1.97. The van der Waals surface area contributed by atoms with Crippen molar-refractivity contribution >= 4 is 22.7 Å². The van der Waals surface area contributed by atoms with E-state index in [1.54, 1.807) is 17.7 Å². The molecule has 1 heterocycles. The van der Waals surface area contributed by atoms with E-state index < -0.39 is 0 Å². The summed E-state index contributed by atoms with van der Waals surface area (Å²) in [5.41, 5.74) is 2.91. The van der Waals surface area contributed by atoms with Crippen LogP contribution in [0, 0.1) is 6.92 Å². The molecule has 4 aromatic rings. The Kier molecular flexibility index (Phi) is 6.98. The fourth-order valence-electron chi connectivity index (χ4n) is 3.86. The standard InChI is InChI=1S/C26H26N2O5S/c1-16-10-6-8-12-19(16)28-25(29)18-14-21(31-3)23(32-4)24(33-5)22(18)27-26(28)34-15-17-11-7-9-13-20(17)30-2/h6-14H,15H2,1-5H3. The molecule has 34 heavy (non-hydrogen) atoms. The summed E-state index contributed by atoms with van der Waals surface area (Å²) in [5.74, 6) is 2.48. The van der Waals surface area contributed by atoms with Crippen LogP contribution in [0.3, 0.4) is 0 Å². The van der Waals surface area contributed by atoms with Gasteiger partial charge in [0.05, 0.1) is 39.5 Å². The van der Waals surface area contributed by atoms with Gasteiger partial charge in [0.25, 0.3) is 5.56 Å². The Morgan fingerprint density at radius 2 is 1.53 bits per heavy atom. The van der Waals surface area contributed by atoms with E-state index in [2.05, 4.69) is 0 Å². The second-order valence-electron chi connectivity index (χ2n) is 7.46. The topological polar surface area (TPSA) is 71.8 Å². The van der Waals surface area contributed by atoms with Gasteiger partial charge in [-0.25, -0.2) is 4.98 Å². The third-order valence-corrected chi connectivity index (χ3v) is 6.53. The van der Waals surface area contributed by atoms with E-state index in [9.17, 15) is 4.79 Å². The molecule has 1 aromatic heterocycles. The van der Waals surface area contributed by atoms with E-state index in [4.69, 9.17) is 23.9 Å². The van der Waals surface area contributed by atoms with Gasteiger partial charge in [-0.15, -0.1) is 0 Å². The number of rotatable bonds is 8. The molecule has 0 saturated carbocycles. The minimum Gasteiger partial charge on any atom is -0.496 e. The molecule has 0 bridgehead atoms. The van der Waals surface area contributed by atoms with Gasteiger partial charge in [-0.05, 0) is 30.7 Å². The van der Waals surface area contributed by atoms with E-state index >= 15 is 0 Å². The molecule has 0 N–H and O–H groups in total. The maximum Gasteiger partial charge on any atom is 0.266 e. The highest BCUT2D eigenvalue weighted by atomic mass is 32.2. The van der Waals surface area contributed by atoms with Gasteiger partial charge in [0.1, 0.15) is 11.3 Å². The minimum atomic E-state index is -0.221. The van der Waals surface area contributed by atoms with E-state index in [1.807, 2.05) is 55.5 Å². The highest BCUT2D eigenvalue weighted by molar-refractivity contribution is 7.98. The van der Waals surface area contributed by atoms with Crippen LogP contribution >= 0.6 is 11.8 Å². The maximum atomic E-state index is 13.9. The zero-order valence-corrected chi connectivity index (χ0v) is 20.6. The van der Waals surface area contributed by atoms with Crippen LogP contribution in [0.4, 0.5) is 0 Å². The van der Waals surface area contributed by atoms with Gasteiger partial charge >= 0.3 is 0 Å². The molecule has 0 aliphatic rings. The summed E-state index contributed by atoms with van der Waals surface area (Å²) in [7, 11) is 6.21. The number of thioether (sulfide) groups is 1. The van der Waals surface area contributed by atoms with Gasteiger partial charge in [-0.1, -0.05) is 48.2 Å². The normalized spacial score (nSPS) is 10.9. The molecule has 0 radical (unpaired) electrons. The molecule has 0 saturated heterocycles. The van der Waals surface area contributed by atoms with Gasteiger partial charge < -0.3 is 18.9 Å². The summed E-state index contributed by atoms with van der Waals surface area (Å²) < 4.78 is 23.8. The van der Waals surface area contributed by atoms with Crippen LogP contribution in [0.2, 0.25) is 0 Å². The van der Waals surface area contributed by atoms with Crippen molar-refractivity contribution in [2.75, 3.05) is 28.4 Å². The molecule has 0 aliphatic heterocycles. The average molecular weight is 479 g/mol. The van der Waals surface area contributed by atoms with Crippen molar-refractivity contribution in [2.24, 2.45) is 0 Å². The molecule has 7 nitrogen and oxygen atoms in total. The Labute approximate surface area is 202 Å². The first kappa shape index (κ1) is 23.5. The fraction of sp³-hybridized carbons (Fsp3) is 0.231. The Bertz CT molecular complexity index is 1400. The molecule has 8 heteroatoms. The van der Waals surface area contributed by atoms with E-state index in [0.717, 1.165) is 22.6 Å². The predicted molar refractivity (Wildman–Crippen MR) is 134 cm³/mol. The third-order valence-electron chi connectivity index (χ3n) is 5.54. The zero-order chi connectivity index (χ0) is 24.2. The summed E-state index contributed by atoms with van der Waals surface area (Å²) >= 11 is 1.45. The van der Waals surface area contributed by atoms with E-state index in [1.165, 1.54) is 33.1 Å².